The third kappa shape index (κ3) is 2.23. The summed E-state index contributed by atoms with van der Waals surface area (Å²) in [7, 11) is 0. The van der Waals surface area contributed by atoms with Crippen molar-refractivity contribution in [3.05, 3.63) is 36.4 Å². The molecule has 3 rings (SSSR count). The fraction of sp³-hybridized carbons (Fsp3) is 0.308. The maximum Gasteiger partial charge on any atom is 0.253 e. The molecule has 94 valence electrons. The zero-order valence-electron chi connectivity index (χ0n) is 9.65. The Balaban J connectivity index is 1.68. The summed E-state index contributed by atoms with van der Waals surface area (Å²) in [5.74, 6) is 0.505. The molecule has 2 atom stereocenters. The maximum absolute atomic E-state index is 11.5. The number of hydrogen-bond donors (Lipinski definition) is 1. The number of carbonyl (C=O) groups excluding carboxylic acids is 1. The molecule has 2 heterocycles. The molecule has 2 unspecified atom stereocenters. The molecule has 5 nitrogen and oxygen atoms in total. The molecule has 0 spiro atoms. The second-order valence-corrected chi connectivity index (χ2v) is 4.24. The van der Waals surface area contributed by atoms with Crippen LogP contribution in [0.4, 0.5) is 5.69 Å². The van der Waals surface area contributed by atoms with E-state index in [1.54, 1.807) is 24.3 Å². The van der Waals surface area contributed by atoms with E-state index >= 15 is 0 Å². The first-order valence-electron chi connectivity index (χ1n) is 5.78. The van der Waals surface area contributed by atoms with Crippen LogP contribution >= 0.6 is 0 Å². The number of carbonyl (C=O) groups is 1. The molecule has 0 bridgehead atoms. The van der Waals surface area contributed by atoms with Gasteiger partial charge in [-0.05, 0) is 30.3 Å². The van der Waals surface area contributed by atoms with Gasteiger partial charge in [-0.1, -0.05) is 0 Å². The van der Waals surface area contributed by atoms with E-state index in [0.717, 1.165) is 12.4 Å². The average Bonchev–Trinajstić information content (AvgIpc) is 3.14. The molecule has 0 aliphatic carbocycles. The van der Waals surface area contributed by atoms with Crippen LogP contribution in [0.2, 0.25) is 0 Å². The van der Waals surface area contributed by atoms with Gasteiger partial charge >= 0.3 is 0 Å². The van der Waals surface area contributed by atoms with Crippen LogP contribution in [0.3, 0.4) is 0 Å². The van der Waals surface area contributed by atoms with E-state index in [2.05, 4.69) is 0 Å². The van der Waals surface area contributed by atoms with Gasteiger partial charge in [-0.25, -0.2) is 0 Å². The topological polar surface area (TPSA) is 62.3 Å². The minimum Gasteiger partial charge on any atom is -0.491 e. The van der Waals surface area contributed by atoms with Crippen LogP contribution in [0.15, 0.2) is 36.4 Å². The van der Waals surface area contributed by atoms with Crippen molar-refractivity contribution in [2.24, 2.45) is 0 Å². The number of aliphatic hydroxyl groups excluding tert-OH is 1. The summed E-state index contributed by atoms with van der Waals surface area (Å²) in [6, 6.07) is 7.04. The van der Waals surface area contributed by atoms with E-state index < -0.39 is 6.23 Å². The van der Waals surface area contributed by atoms with Crippen molar-refractivity contribution in [1.29, 1.82) is 0 Å². The number of amides is 1. The van der Waals surface area contributed by atoms with Crippen molar-refractivity contribution < 1.29 is 19.4 Å². The molecule has 5 heteroatoms. The highest BCUT2D eigenvalue weighted by atomic mass is 16.6. The lowest BCUT2D eigenvalue weighted by Crippen LogP contribution is -2.33. The standard InChI is InChI=1S/C13H13NO4/c15-12-5-6-13(16)14(12)9-1-3-10(4-2-9)17-7-11-8-18-11/h1-6,11-12,15H,7-8H2. The molecular weight excluding hydrogens is 234 g/mol. The highest BCUT2D eigenvalue weighted by Gasteiger charge is 2.25. The average molecular weight is 247 g/mol. The van der Waals surface area contributed by atoms with Gasteiger partial charge in [0.05, 0.1) is 6.61 Å². The summed E-state index contributed by atoms with van der Waals surface area (Å²) >= 11 is 0. The molecule has 1 aromatic carbocycles. The summed E-state index contributed by atoms with van der Waals surface area (Å²) in [6.45, 7) is 1.31. The van der Waals surface area contributed by atoms with Gasteiger partial charge in [0.2, 0.25) is 0 Å². The number of epoxide rings is 1. The molecular formula is C13H13NO4. The first-order chi connectivity index (χ1) is 8.74. The van der Waals surface area contributed by atoms with Crippen LogP contribution in [0.1, 0.15) is 0 Å². The Kier molecular flexibility index (Phi) is 2.77. The first-order valence-corrected chi connectivity index (χ1v) is 5.78. The smallest absolute Gasteiger partial charge is 0.253 e. The maximum atomic E-state index is 11.5. The number of benzene rings is 1. The van der Waals surface area contributed by atoms with Crippen LogP contribution < -0.4 is 9.64 Å². The van der Waals surface area contributed by atoms with Gasteiger partial charge in [-0.3, -0.25) is 9.69 Å². The predicted octanol–water partition coefficient (Wildman–Crippen LogP) is 0.685. The lowest BCUT2D eigenvalue weighted by Gasteiger charge is -2.20. The van der Waals surface area contributed by atoms with Crippen molar-refractivity contribution in [3.63, 3.8) is 0 Å². The molecule has 2 aliphatic rings. The zero-order valence-corrected chi connectivity index (χ0v) is 9.65. The second-order valence-electron chi connectivity index (χ2n) is 4.24. The minimum atomic E-state index is -0.885. The Hall–Kier alpha value is -1.85. The van der Waals surface area contributed by atoms with Crippen LogP contribution in [-0.4, -0.2) is 36.6 Å². The molecule has 0 radical (unpaired) electrons. The molecule has 0 aromatic heterocycles. The summed E-state index contributed by atoms with van der Waals surface area (Å²) in [5, 5.41) is 9.64. The third-order valence-corrected chi connectivity index (χ3v) is 2.87. The molecule has 2 aliphatic heterocycles. The van der Waals surface area contributed by atoms with E-state index in [-0.39, 0.29) is 12.0 Å². The number of nitrogens with zero attached hydrogens (tertiary/aromatic N) is 1. The van der Waals surface area contributed by atoms with Crippen LogP contribution in [0, 0.1) is 0 Å². The molecule has 1 saturated heterocycles. The van der Waals surface area contributed by atoms with Crippen LogP contribution in [0.25, 0.3) is 0 Å². The number of aliphatic hydroxyl groups is 1. The highest BCUT2D eigenvalue weighted by molar-refractivity contribution is 6.04. The normalized spacial score (nSPS) is 25.6. The molecule has 1 fully saturated rings. The van der Waals surface area contributed by atoms with Gasteiger partial charge in [-0.2, -0.15) is 0 Å². The molecule has 18 heavy (non-hydrogen) atoms. The van der Waals surface area contributed by atoms with Crippen molar-refractivity contribution >= 4 is 11.6 Å². The summed E-state index contributed by atoms with van der Waals surface area (Å²) in [4.78, 5) is 12.8. The fourth-order valence-corrected chi connectivity index (χ4v) is 1.80. The van der Waals surface area contributed by atoms with E-state index in [0.29, 0.717) is 12.3 Å². The molecule has 1 N–H and O–H groups in total. The molecule has 1 amide bonds. The van der Waals surface area contributed by atoms with Crippen molar-refractivity contribution in [1.82, 2.24) is 0 Å². The SMILES string of the molecule is O=C1C=CC(O)N1c1ccc(OCC2CO2)cc1. The van der Waals surface area contributed by atoms with E-state index in [9.17, 15) is 9.90 Å². The van der Waals surface area contributed by atoms with Gasteiger partial charge in [-0.15, -0.1) is 0 Å². The summed E-state index contributed by atoms with van der Waals surface area (Å²) < 4.78 is 10.5. The fourth-order valence-electron chi connectivity index (χ4n) is 1.80. The van der Waals surface area contributed by atoms with Crippen LogP contribution in [-0.2, 0) is 9.53 Å². The van der Waals surface area contributed by atoms with E-state index in [1.165, 1.54) is 17.1 Å². The van der Waals surface area contributed by atoms with Gasteiger partial charge in [0.1, 0.15) is 18.5 Å². The molecule has 0 saturated carbocycles. The summed E-state index contributed by atoms with van der Waals surface area (Å²) in [6.07, 6.45) is 2.15. The van der Waals surface area contributed by atoms with Gasteiger partial charge in [0.15, 0.2) is 6.23 Å². The largest absolute Gasteiger partial charge is 0.491 e. The number of anilines is 1. The summed E-state index contributed by atoms with van der Waals surface area (Å²) in [5.41, 5.74) is 0.646. The van der Waals surface area contributed by atoms with E-state index in [1.807, 2.05) is 0 Å². The first kappa shape index (κ1) is 11.3. The van der Waals surface area contributed by atoms with Gasteiger partial charge in [0.25, 0.3) is 5.91 Å². The Labute approximate surface area is 104 Å². The zero-order chi connectivity index (χ0) is 12.5. The predicted molar refractivity (Wildman–Crippen MR) is 64.3 cm³/mol. The number of hydrogen-bond acceptors (Lipinski definition) is 4. The van der Waals surface area contributed by atoms with Crippen molar-refractivity contribution in [3.8, 4) is 5.75 Å². The Morgan fingerprint density at radius 3 is 2.67 bits per heavy atom. The Morgan fingerprint density at radius 1 is 1.39 bits per heavy atom. The lowest BCUT2D eigenvalue weighted by atomic mass is 10.2. The highest BCUT2D eigenvalue weighted by Crippen LogP contribution is 2.24. The van der Waals surface area contributed by atoms with Gasteiger partial charge in [0, 0.05) is 11.8 Å². The van der Waals surface area contributed by atoms with Crippen molar-refractivity contribution in [2.45, 2.75) is 12.3 Å². The van der Waals surface area contributed by atoms with Crippen molar-refractivity contribution in [2.75, 3.05) is 18.1 Å². The third-order valence-electron chi connectivity index (χ3n) is 2.87. The Bertz CT molecular complexity index is 478. The quantitative estimate of drug-likeness (QED) is 0.795. The van der Waals surface area contributed by atoms with Crippen LogP contribution in [0.5, 0.6) is 5.75 Å². The number of rotatable bonds is 4. The van der Waals surface area contributed by atoms with Gasteiger partial charge < -0.3 is 14.6 Å². The lowest BCUT2D eigenvalue weighted by molar-refractivity contribution is -0.114. The minimum absolute atomic E-state index is 0.218. The number of ether oxygens (including phenoxy) is 2. The van der Waals surface area contributed by atoms with E-state index in [4.69, 9.17) is 9.47 Å². The Morgan fingerprint density at radius 2 is 2.11 bits per heavy atom. The molecule has 1 aromatic rings. The second kappa shape index (κ2) is 4.44. The monoisotopic (exact) mass is 247 g/mol.